The van der Waals surface area contributed by atoms with Gasteiger partial charge in [0.1, 0.15) is 0 Å². The zero-order chi connectivity index (χ0) is 19.0. The molecule has 0 fully saturated rings. The van der Waals surface area contributed by atoms with E-state index in [0.717, 1.165) is 12.2 Å². The van der Waals surface area contributed by atoms with Gasteiger partial charge in [-0.05, 0) is 32.9 Å². The van der Waals surface area contributed by atoms with Crippen LogP contribution in [0.25, 0.3) is 0 Å². The molecule has 0 saturated heterocycles. The number of hydrogen-bond acceptors (Lipinski definition) is 5. The van der Waals surface area contributed by atoms with Crippen LogP contribution in [-0.4, -0.2) is 35.2 Å². The van der Waals surface area contributed by atoms with Gasteiger partial charge in [-0.2, -0.15) is 11.8 Å². The van der Waals surface area contributed by atoms with E-state index in [1.165, 1.54) is 57.8 Å². The van der Waals surface area contributed by atoms with Crippen LogP contribution in [0.5, 0.6) is 0 Å². The van der Waals surface area contributed by atoms with E-state index >= 15 is 0 Å². The minimum atomic E-state index is -3.47. The zero-order valence-electron chi connectivity index (χ0n) is 16.9. The van der Waals surface area contributed by atoms with Crippen LogP contribution in [0.2, 0.25) is 0 Å². The fourth-order valence-electron chi connectivity index (χ4n) is 2.69. The first-order valence-electron chi connectivity index (χ1n) is 10.1. The van der Waals surface area contributed by atoms with Gasteiger partial charge in [-0.25, -0.2) is 0 Å². The highest BCUT2D eigenvalue weighted by molar-refractivity contribution is 7.99. The maximum atomic E-state index is 12.7. The Labute approximate surface area is 160 Å². The fraction of sp³-hybridized carbons (Fsp3) is 1.00. The van der Waals surface area contributed by atoms with Crippen molar-refractivity contribution in [1.82, 2.24) is 0 Å². The summed E-state index contributed by atoms with van der Waals surface area (Å²) in [6.07, 6.45) is 13.2. The van der Waals surface area contributed by atoms with Crippen molar-refractivity contribution in [2.24, 2.45) is 0 Å². The Balaban J connectivity index is 3.73. The number of rotatable bonds is 18. The molecule has 0 saturated carbocycles. The lowest BCUT2D eigenvalue weighted by molar-refractivity contribution is 0.0988. The molecule has 0 aromatic heterocycles. The molecule has 0 aromatic carbocycles. The van der Waals surface area contributed by atoms with Crippen LogP contribution in [0.3, 0.4) is 0 Å². The quantitative estimate of drug-likeness (QED) is 0.208. The fourth-order valence-corrected chi connectivity index (χ4v) is 5.85. The smallest absolute Gasteiger partial charge is 0.362 e. The van der Waals surface area contributed by atoms with Crippen molar-refractivity contribution in [2.75, 3.05) is 24.7 Å². The predicted molar refractivity (Wildman–Crippen MR) is 111 cm³/mol. The highest BCUT2D eigenvalue weighted by Crippen LogP contribution is 2.59. The molecule has 1 N–H and O–H groups in total. The molecule has 0 rings (SSSR count). The van der Waals surface area contributed by atoms with E-state index in [4.69, 9.17) is 9.05 Å². The van der Waals surface area contributed by atoms with E-state index in [1.54, 1.807) is 32.5 Å². The summed E-state index contributed by atoms with van der Waals surface area (Å²) < 4.78 is 23.2. The Kier molecular flexibility index (Phi) is 15.8. The van der Waals surface area contributed by atoms with E-state index in [0.29, 0.717) is 5.75 Å². The van der Waals surface area contributed by atoms with Gasteiger partial charge < -0.3 is 14.2 Å². The van der Waals surface area contributed by atoms with Crippen LogP contribution in [0, 0.1) is 0 Å². The summed E-state index contributed by atoms with van der Waals surface area (Å²) in [7, 11) is -3.47. The third kappa shape index (κ3) is 11.7. The molecule has 0 radical (unpaired) electrons. The molecule has 0 amide bonds. The van der Waals surface area contributed by atoms with Gasteiger partial charge in [0.25, 0.3) is 0 Å². The Morgan fingerprint density at radius 1 is 0.840 bits per heavy atom. The SMILES string of the molecule is CCCCCCCCCCCCSCC(C)(O)P(=O)(OCC)OCC. The Morgan fingerprint density at radius 2 is 1.28 bits per heavy atom. The molecule has 25 heavy (non-hydrogen) atoms. The number of aliphatic hydroxyl groups is 1. The largest absolute Gasteiger partial charge is 0.377 e. The first-order chi connectivity index (χ1) is 11.9. The summed E-state index contributed by atoms with van der Waals surface area (Å²) in [4.78, 5) is 0. The van der Waals surface area contributed by atoms with Crippen LogP contribution in [0.1, 0.15) is 91.9 Å². The maximum absolute atomic E-state index is 12.7. The minimum Gasteiger partial charge on any atom is -0.377 e. The van der Waals surface area contributed by atoms with Gasteiger partial charge in [-0.1, -0.05) is 64.7 Å². The molecular weight excluding hydrogens is 355 g/mol. The lowest BCUT2D eigenvalue weighted by Crippen LogP contribution is -2.30. The molecule has 0 heterocycles. The van der Waals surface area contributed by atoms with Gasteiger partial charge >= 0.3 is 7.60 Å². The minimum absolute atomic E-state index is 0.274. The summed E-state index contributed by atoms with van der Waals surface area (Å²) in [6, 6.07) is 0. The van der Waals surface area contributed by atoms with Crippen molar-refractivity contribution >= 4 is 19.4 Å². The van der Waals surface area contributed by atoms with E-state index in [9.17, 15) is 9.67 Å². The standard InChI is InChI=1S/C19H41O4PS/c1-5-8-9-10-11-12-13-14-15-16-17-25-18-19(4,20)24(21,22-6-2)23-7-3/h20H,5-18H2,1-4H3. The van der Waals surface area contributed by atoms with E-state index in [2.05, 4.69) is 6.92 Å². The van der Waals surface area contributed by atoms with Gasteiger partial charge in [0.15, 0.2) is 5.34 Å². The van der Waals surface area contributed by atoms with Crippen LogP contribution in [-0.2, 0) is 13.6 Å². The molecule has 0 spiro atoms. The third-order valence-electron chi connectivity index (χ3n) is 4.21. The number of unbranched alkanes of at least 4 members (excludes halogenated alkanes) is 9. The van der Waals surface area contributed by atoms with Crippen molar-refractivity contribution in [2.45, 2.75) is 97.2 Å². The van der Waals surface area contributed by atoms with Crippen LogP contribution >= 0.6 is 19.4 Å². The highest BCUT2D eigenvalue weighted by Gasteiger charge is 2.45. The topological polar surface area (TPSA) is 55.8 Å². The molecule has 1 unspecified atom stereocenters. The van der Waals surface area contributed by atoms with Gasteiger partial charge in [0.2, 0.25) is 0 Å². The average molecular weight is 397 g/mol. The highest BCUT2D eigenvalue weighted by atomic mass is 32.2. The van der Waals surface area contributed by atoms with Crippen molar-refractivity contribution < 1.29 is 18.7 Å². The first-order valence-corrected chi connectivity index (χ1v) is 12.8. The molecule has 1 atom stereocenters. The number of hydrogen-bond donors (Lipinski definition) is 1. The molecule has 6 heteroatoms. The second-order valence-corrected chi connectivity index (χ2v) is 10.4. The Hall–Kier alpha value is 0.460. The predicted octanol–water partition coefficient (Wildman–Crippen LogP) is 6.62. The van der Waals surface area contributed by atoms with Gasteiger partial charge in [0.05, 0.1) is 13.2 Å². The summed E-state index contributed by atoms with van der Waals surface area (Å²) in [5, 5.41) is 9.09. The molecule has 152 valence electrons. The Bertz CT molecular complexity index is 340. The second-order valence-electron chi connectivity index (χ2n) is 6.78. The first kappa shape index (κ1) is 25.5. The maximum Gasteiger partial charge on any atom is 0.362 e. The van der Waals surface area contributed by atoms with E-state index < -0.39 is 12.9 Å². The van der Waals surface area contributed by atoms with Crippen molar-refractivity contribution in [3.8, 4) is 0 Å². The summed E-state index contributed by atoms with van der Waals surface area (Å²) >= 11 is 1.63. The summed E-state index contributed by atoms with van der Waals surface area (Å²) in [5.41, 5.74) is 0. The molecule has 0 aromatic rings. The normalized spacial score (nSPS) is 14.6. The third-order valence-corrected chi connectivity index (χ3v) is 8.30. The van der Waals surface area contributed by atoms with E-state index in [1.807, 2.05) is 0 Å². The van der Waals surface area contributed by atoms with Crippen molar-refractivity contribution in [3.63, 3.8) is 0 Å². The average Bonchev–Trinajstić information content (AvgIpc) is 2.56. The molecule has 4 nitrogen and oxygen atoms in total. The van der Waals surface area contributed by atoms with Crippen LogP contribution in [0.4, 0.5) is 0 Å². The molecule has 0 aliphatic carbocycles. The molecule has 0 bridgehead atoms. The Morgan fingerprint density at radius 3 is 1.72 bits per heavy atom. The second kappa shape index (κ2) is 15.5. The van der Waals surface area contributed by atoms with Gasteiger partial charge in [0, 0.05) is 5.75 Å². The summed E-state index contributed by atoms with van der Waals surface area (Å²) in [6.45, 7) is 7.89. The molecular formula is C19H41O4PS. The lowest BCUT2D eigenvalue weighted by atomic mass is 10.1. The lowest BCUT2D eigenvalue weighted by Gasteiger charge is -2.31. The van der Waals surface area contributed by atoms with Crippen LogP contribution < -0.4 is 0 Å². The van der Waals surface area contributed by atoms with Crippen molar-refractivity contribution in [3.05, 3.63) is 0 Å². The van der Waals surface area contributed by atoms with Crippen molar-refractivity contribution in [1.29, 1.82) is 0 Å². The van der Waals surface area contributed by atoms with Gasteiger partial charge in [-0.3, -0.25) is 4.57 Å². The van der Waals surface area contributed by atoms with Crippen LogP contribution in [0.15, 0.2) is 0 Å². The number of thioether (sulfide) groups is 1. The molecule has 0 aliphatic heterocycles. The van der Waals surface area contributed by atoms with Gasteiger partial charge in [-0.15, -0.1) is 0 Å². The monoisotopic (exact) mass is 396 g/mol. The zero-order valence-corrected chi connectivity index (χ0v) is 18.6. The molecule has 0 aliphatic rings. The van der Waals surface area contributed by atoms with E-state index in [-0.39, 0.29) is 13.2 Å². The summed E-state index contributed by atoms with van der Waals surface area (Å²) in [5.74, 6) is 1.35.